The van der Waals surface area contributed by atoms with Gasteiger partial charge in [0.2, 0.25) is 0 Å². The molecule has 0 unspecified atom stereocenters. The average molecular weight is 482 g/mol. The third-order valence-electron chi connectivity index (χ3n) is 6.31. The van der Waals surface area contributed by atoms with E-state index >= 15 is 4.39 Å². The minimum Gasteiger partial charge on any atom is -0.205 e. The lowest BCUT2D eigenvalue weighted by Crippen LogP contribution is -1.92. The van der Waals surface area contributed by atoms with Gasteiger partial charge >= 0.3 is 0 Å². The number of fused-ring (bicyclic) bond motifs is 1. The zero-order valence-electron chi connectivity index (χ0n) is 20.2. The van der Waals surface area contributed by atoms with E-state index in [1.165, 1.54) is 43.7 Å². The highest BCUT2D eigenvalue weighted by molar-refractivity contribution is 5.89. The molecule has 1 nitrogen and oxygen atoms in total. The monoisotopic (exact) mass is 481 g/mol. The Morgan fingerprint density at radius 1 is 0.722 bits per heavy atom. The third-order valence-corrected chi connectivity index (χ3v) is 6.31. The highest BCUT2D eigenvalue weighted by atomic mass is 19.1. The minimum absolute atomic E-state index is 0.0308. The molecule has 0 aromatic heterocycles. The number of benzene rings is 4. The minimum atomic E-state index is -0.992. The van der Waals surface area contributed by atoms with Gasteiger partial charge in [-0.25, -0.2) is 13.2 Å². The van der Waals surface area contributed by atoms with E-state index in [1.807, 2.05) is 12.1 Å². The number of nitriles is 1. The number of nitrogens with zero attached hydrogens (tertiary/aromatic N) is 1. The van der Waals surface area contributed by atoms with Gasteiger partial charge in [-0.05, 0) is 59.2 Å². The molecule has 0 amide bonds. The molecule has 4 rings (SSSR count). The lowest BCUT2D eigenvalue weighted by molar-refractivity contribution is 0.576. The molecule has 4 aromatic rings. The largest absolute Gasteiger partial charge is 0.205 e. The fourth-order valence-electron chi connectivity index (χ4n) is 4.26. The van der Waals surface area contributed by atoms with Gasteiger partial charge in [-0.1, -0.05) is 86.9 Å². The van der Waals surface area contributed by atoms with Crippen molar-refractivity contribution in [2.24, 2.45) is 0 Å². The lowest BCUT2D eigenvalue weighted by Gasteiger charge is -2.08. The predicted molar refractivity (Wildman–Crippen MR) is 139 cm³/mol. The first kappa shape index (κ1) is 25.1. The maximum atomic E-state index is 15.1. The molecule has 0 spiro atoms. The van der Waals surface area contributed by atoms with Crippen molar-refractivity contribution in [1.29, 1.82) is 5.26 Å². The molecule has 0 radical (unpaired) electrons. The highest BCUT2D eigenvalue weighted by Crippen LogP contribution is 2.28. The van der Waals surface area contributed by atoms with Crippen molar-refractivity contribution < 1.29 is 13.2 Å². The van der Waals surface area contributed by atoms with Crippen LogP contribution in [0.15, 0.2) is 66.7 Å². The second-order valence-corrected chi connectivity index (χ2v) is 8.90. The maximum absolute atomic E-state index is 15.1. The normalized spacial score (nSPS) is 10.6. The standard InChI is InChI=1S/C32H26F3N/c1-2-3-4-5-6-7-22-8-11-24(12-9-22)26-16-17-28-27(20-26)15-14-25(32(28)35)13-10-23-18-30(33)29(21-36)31(34)19-23/h8-9,11-12,14-20H,2-7H2,1H3. The zero-order chi connectivity index (χ0) is 25.5. The Morgan fingerprint density at radius 3 is 2.11 bits per heavy atom. The summed E-state index contributed by atoms with van der Waals surface area (Å²) in [6, 6.07) is 20.8. The number of aryl methyl sites for hydroxylation is 1. The van der Waals surface area contributed by atoms with Crippen LogP contribution in [0.1, 0.15) is 61.3 Å². The van der Waals surface area contributed by atoms with Gasteiger partial charge in [0, 0.05) is 10.9 Å². The number of halogens is 3. The van der Waals surface area contributed by atoms with Crippen LogP contribution in [0.3, 0.4) is 0 Å². The van der Waals surface area contributed by atoms with E-state index in [1.54, 1.807) is 18.2 Å². The van der Waals surface area contributed by atoms with Gasteiger partial charge in [0.05, 0.1) is 5.56 Å². The van der Waals surface area contributed by atoms with Crippen LogP contribution < -0.4 is 0 Å². The molecule has 0 N–H and O–H groups in total. The first-order valence-corrected chi connectivity index (χ1v) is 12.2. The zero-order valence-corrected chi connectivity index (χ0v) is 20.2. The fourth-order valence-corrected chi connectivity index (χ4v) is 4.26. The van der Waals surface area contributed by atoms with E-state index in [0.717, 1.165) is 35.1 Å². The van der Waals surface area contributed by atoms with Gasteiger partial charge in [0.15, 0.2) is 0 Å². The van der Waals surface area contributed by atoms with Crippen molar-refractivity contribution in [2.75, 3.05) is 0 Å². The molecule has 0 atom stereocenters. The SMILES string of the molecule is CCCCCCCc1ccc(-c2ccc3c(F)c(C#Cc4cc(F)c(C#N)c(F)c4)ccc3c2)cc1. The van der Waals surface area contributed by atoms with E-state index < -0.39 is 23.0 Å². The van der Waals surface area contributed by atoms with Crippen LogP contribution in [-0.4, -0.2) is 0 Å². The van der Waals surface area contributed by atoms with Crippen molar-refractivity contribution in [3.8, 4) is 29.0 Å². The van der Waals surface area contributed by atoms with Gasteiger partial charge in [-0.2, -0.15) is 5.26 Å². The van der Waals surface area contributed by atoms with Crippen LogP contribution >= 0.6 is 0 Å². The number of hydrogen-bond donors (Lipinski definition) is 0. The molecule has 0 bridgehead atoms. The van der Waals surface area contributed by atoms with E-state index in [9.17, 15) is 8.78 Å². The Bertz CT molecular complexity index is 1460. The lowest BCUT2D eigenvalue weighted by atomic mass is 9.97. The molecular weight excluding hydrogens is 455 g/mol. The summed E-state index contributed by atoms with van der Waals surface area (Å²) in [6.07, 6.45) is 7.39. The molecule has 4 heteroatoms. The molecular formula is C32H26F3N. The molecule has 0 saturated carbocycles. The van der Waals surface area contributed by atoms with Crippen LogP contribution in [0.5, 0.6) is 0 Å². The van der Waals surface area contributed by atoms with E-state index in [-0.39, 0.29) is 11.1 Å². The summed E-state index contributed by atoms with van der Waals surface area (Å²) in [7, 11) is 0. The average Bonchev–Trinajstić information content (AvgIpc) is 2.88. The summed E-state index contributed by atoms with van der Waals surface area (Å²) >= 11 is 0. The molecule has 0 fully saturated rings. The van der Waals surface area contributed by atoms with Crippen LogP contribution in [0.2, 0.25) is 0 Å². The van der Waals surface area contributed by atoms with Crippen molar-refractivity contribution in [3.63, 3.8) is 0 Å². The van der Waals surface area contributed by atoms with Crippen molar-refractivity contribution in [3.05, 3.63) is 106 Å². The first-order valence-electron chi connectivity index (χ1n) is 12.2. The molecule has 4 aromatic carbocycles. The molecule has 36 heavy (non-hydrogen) atoms. The predicted octanol–water partition coefficient (Wildman–Crippen LogP) is 8.71. The van der Waals surface area contributed by atoms with Crippen molar-refractivity contribution in [1.82, 2.24) is 0 Å². The Hall–Kier alpha value is -4.02. The quantitative estimate of drug-likeness (QED) is 0.191. The number of unbranched alkanes of at least 4 members (excludes halogenated alkanes) is 4. The summed E-state index contributed by atoms with van der Waals surface area (Å²) in [5.41, 5.74) is 2.89. The molecule has 0 aliphatic carbocycles. The van der Waals surface area contributed by atoms with Gasteiger partial charge in [0.25, 0.3) is 0 Å². The number of rotatable bonds is 7. The highest BCUT2D eigenvalue weighted by Gasteiger charge is 2.11. The van der Waals surface area contributed by atoms with E-state index in [4.69, 9.17) is 5.26 Å². The van der Waals surface area contributed by atoms with E-state index in [0.29, 0.717) is 5.39 Å². The Morgan fingerprint density at radius 2 is 1.42 bits per heavy atom. The van der Waals surface area contributed by atoms with Crippen LogP contribution in [0, 0.1) is 40.6 Å². The molecule has 0 heterocycles. The maximum Gasteiger partial charge on any atom is 0.146 e. The van der Waals surface area contributed by atoms with Gasteiger partial charge in [-0.3, -0.25) is 0 Å². The van der Waals surface area contributed by atoms with Gasteiger partial charge in [0.1, 0.15) is 29.1 Å². The summed E-state index contributed by atoms with van der Waals surface area (Å²) < 4.78 is 42.8. The van der Waals surface area contributed by atoms with Gasteiger partial charge in [-0.15, -0.1) is 0 Å². The Kier molecular flexibility index (Phi) is 8.09. The molecule has 180 valence electrons. The summed E-state index contributed by atoms with van der Waals surface area (Å²) in [5, 5.41) is 9.94. The summed E-state index contributed by atoms with van der Waals surface area (Å²) in [5.74, 6) is 2.77. The third kappa shape index (κ3) is 5.78. The smallest absolute Gasteiger partial charge is 0.146 e. The van der Waals surface area contributed by atoms with Crippen LogP contribution in [0.4, 0.5) is 13.2 Å². The molecule has 0 aliphatic rings. The first-order chi connectivity index (χ1) is 17.5. The molecule has 0 aliphatic heterocycles. The van der Waals surface area contributed by atoms with Crippen molar-refractivity contribution in [2.45, 2.75) is 45.4 Å². The second-order valence-electron chi connectivity index (χ2n) is 8.90. The molecule has 0 saturated heterocycles. The van der Waals surface area contributed by atoms with E-state index in [2.05, 4.69) is 43.0 Å². The van der Waals surface area contributed by atoms with Crippen LogP contribution in [-0.2, 0) is 6.42 Å². The topological polar surface area (TPSA) is 23.8 Å². The summed E-state index contributed by atoms with van der Waals surface area (Å²) in [4.78, 5) is 0. The second kappa shape index (κ2) is 11.6. The van der Waals surface area contributed by atoms with Gasteiger partial charge < -0.3 is 0 Å². The fraction of sp³-hybridized carbons (Fsp3) is 0.219. The van der Waals surface area contributed by atoms with Crippen molar-refractivity contribution >= 4 is 10.8 Å². The Labute approximate surface area is 210 Å². The van der Waals surface area contributed by atoms with Crippen LogP contribution in [0.25, 0.3) is 21.9 Å². The number of hydrogen-bond acceptors (Lipinski definition) is 1. The Balaban J connectivity index is 1.52. The summed E-state index contributed by atoms with van der Waals surface area (Å²) in [6.45, 7) is 2.22.